The van der Waals surface area contributed by atoms with Gasteiger partial charge in [0.25, 0.3) is 0 Å². The van der Waals surface area contributed by atoms with Gasteiger partial charge >= 0.3 is 0 Å². The van der Waals surface area contributed by atoms with E-state index >= 15 is 0 Å². The molecule has 1 atom stereocenters. The molecule has 0 aromatic heterocycles. The lowest BCUT2D eigenvalue weighted by Gasteiger charge is -2.28. The van der Waals surface area contributed by atoms with Gasteiger partial charge in [-0.25, -0.2) is 8.78 Å². The summed E-state index contributed by atoms with van der Waals surface area (Å²) in [6.07, 6.45) is 5.36. The van der Waals surface area contributed by atoms with Crippen molar-refractivity contribution in [3.63, 3.8) is 0 Å². The molecule has 1 unspecified atom stereocenters. The summed E-state index contributed by atoms with van der Waals surface area (Å²) in [7, 11) is 0. The van der Waals surface area contributed by atoms with E-state index in [1.54, 1.807) is 0 Å². The predicted octanol–water partition coefficient (Wildman–Crippen LogP) is 3.56. The molecule has 1 aromatic carbocycles. The lowest BCUT2D eigenvalue weighted by Crippen LogP contribution is -2.34. The van der Waals surface area contributed by atoms with Gasteiger partial charge in [0.15, 0.2) is 11.6 Å². The topological polar surface area (TPSA) is 32.3 Å². The minimum Gasteiger partial charge on any atom is -0.387 e. The maximum Gasteiger partial charge on any atom is 0.159 e. The lowest BCUT2D eigenvalue weighted by atomic mass is 9.83. The van der Waals surface area contributed by atoms with Crippen LogP contribution in [0.4, 0.5) is 8.78 Å². The van der Waals surface area contributed by atoms with Crippen molar-refractivity contribution in [1.82, 2.24) is 5.32 Å². The Bertz CT molecular complexity index is 444. The van der Waals surface area contributed by atoms with Crippen LogP contribution >= 0.6 is 0 Å². The first kappa shape index (κ1) is 15.4. The number of nitrogens with one attached hydrogen (secondary N) is 1. The molecule has 2 N–H and O–H groups in total. The van der Waals surface area contributed by atoms with Gasteiger partial charge in [-0.15, -0.1) is 0 Å². The van der Waals surface area contributed by atoms with Crippen LogP contribution in [0.3, 0.4) is 0 Å². The van der Waals surface area contributed by atoms with E-state index in [0.29, 0.717) is 17.5 Å². The number of rotatable bonds is 6. The highest BCUT2D eigenvalue weighted by Gasteiger charge is 2.31. The number of hydrogen-bond donors (Lipinski definition) is 2. The maximum atomic E-state index is 13.1. The molecule has 1 aromatic rings. The van der Waals surface area contributed by atoms with Crippen LogP contribution in [0, 0.1) is 17.0 Å². The van der Waals surface area contributed by atoms with Crippen LogP contribution in [-0.4, -0.2) is 18.2 Å². The molecular formula is C16H23F2NO. The average molecular weight is 283 g/mol. The van der Waals surface area contributed by atoms with Crippen molar-refractivity contribution in [3.8, 4) is 0 Å². The van der Waals surface area contributed by atoms with Gasteiger partial charge in [-0.05, 0) is 42.4 Å². The molecule has 2 nitrogen and oxygen atoms in total. The summed E-state index contributed by atoms with van der Waals surface area (Å²) in [6, 6.07) is 3.54. The minimum atomic E-state index is -0.914. The summed E-state index contributed by atoms with van der Waals surface area (Å²) in [4.78, 5) is 0. The van der Waals surface area contributed by atoms with Crippen molar-refractivity contribution in [2.45, 2.75) is 45.1 Å². The van der Waals surface area contributed by atoms with Gasteiger partial charge in [0.1, 0.15) is 0 Å². The Morgan fingerprint density at radius 2 is 1.95 bits per heavy atom. The van der Waals surface area contributed by atoms with Gasteiger partial charge in [-0.1, -0.05) is 25.8 Å². The molecule has 1 aliphatic rings. The Hall–Kier alpha value is -1.00. The van der Waals surface area contributed by atoms with E-state index in [2.05, 4.69) is 12.2 Å². The standard InChI is InChI=1S/C16H23F2NO/c1-2-16(7-3-4-8-16)11-19-10-15(20)12-5-6-13(17)14(18)9-12/h5-6,9,15,19-20H,2-4,7-8,10-11H2,1H3. The predicted molar refractivity (Wildman–Crippen MR) is 75.4 cm³/mol. The third-order valence-corrected chi connectivity index (χ3v) is 4.58. The molecule has 1 fully saturated rings. The second-order valence-corrected chi connectivity index (χ2v) is 5.88. The fraction of sp³-hybridized carbons (Fsp3) is 0.625. The molecule has 20 heavy (non-hydrogen) atoms. The van der Waals surface area contributed by atoms with Gasteiger partial charge in [-0.2, -0.15) is 0 Å². The molecule has 112 valence electrons. The summed E-state index contributed by atoms with van der Waals surface area (Å²) in [5, 5.41) is 13.3. The SMILES string of the molecule is CCC1(CNCC(O)c2ccc(F)c(F)c2)CCCC1. The largest absolute Gasteiger partial charge is 0.387 e. The fourth-order valence-electron chi connectivity index (χ4n) is 3.09. The molecular weight excluding hydrogens is 260 g/mol. The fourth-order valence-corrected chi connectivity index (χ4v) is 3.09. The van der Waals surface area contributed by atoms with Crippen molar-refractivity contribution >= 4 is 0 Å². The zero-order valence-electron chi connectivity index (χ0n) is 12.0. The van der Waals surface area contributed by atoms with Crippen molar-refractivity contribution in [2.75, 3.05) is 13.1 Å². The highest BCUT2D eigenvalue weighted by atomic mass is 19.2. The second kappa shape index (κ2) is 6.64. The number of hydrogen-bond acceptors (Lipinski definition) is 2. The van der Waals surface area contributed by atoms with E-state index in [-0.39, 0.29) is 0 Å². The summed E-state index contributed by atoms with van der Waals surface area (Å²) in [5.41, 5.74) is 0.765. The smallest absolute Gasteiger partial charge is 0.159 e. The molecule has 4 heteroatoms. The quantitative estimate of drug-likeness (QED) is 0.836. The van der Waals surface area contributed by atoms with Crippen molar-refractivity contribution in [1.29, 1.82) is 0 Å². The van der Waals surface area contributed by atoms with Gasteiger partial charge < -0.3 is 10.4 Å². The molecule has 0 radical (unpaired) electrons. The molecule has 2 rings (SSSR count). The summed E-state index contributed by atoms with van der Waals surface area (Å²) >= 11 is 0. The van der Waals surface area contributed by atoms with Crippen LogP contribution in [-0.2, 0) is 0 Å². The Labute approximate surface area is 119 Å². The molecule has 0 bridgehead atoms. The maximum absolute atomic E-state index is 13.1. The Morgan fingerprint density at radius 1 is 1.25 bits per heavy atom. The van der Waals surface area contributed by atoms with Gasteiger partial charge in [0.05, 0.1) is 6.10 Å². The van der Waals surface area contributed by atoms with Crippen molar-refractivity contribution in [2.24, 2.45) is 5.41 Å². The van der Waals surface area contributed by atoms with E-state index < -0.39 is 17.7 Å². The van der Waals surface area contributed by atoms with E-state index in [4.69, 9.17) is 0 Å². The molecule has 0 heterocycles. The normalized spacial score (nSPS) is 19.2. The molecule has 1 saturated carbocycles. The van der Waals surface area contributed by atoms with E-state index in [1.807, 2.05) is 0 Å². The van der Waals surface area contributed by atoms with Crippen LogP contribution in [0.25, 0.3) is 0 Å². The van der Waals surface area contributed by atoms with Crippen LogP contribution in [0.2, 0.25) is 0 Å². The summed E-state index contributed by atoms with van der Waals surface area (Å²) in [5.74, 6) is -1.80. The average Bonchev–Trinajstić information content (AvgIpc) is 2.91. The number of benzene rings is 1. The molecule has 0 spiro atoms. The van der Waals surface area contributed by atoms with E-state index in [0.717, 1.165) is 25.1 Å². The molecule has 0 aliphatic heterocycles. The highest BCUT2D eigenvalue weighted by molar-refractivity contribution is 5.20. The Morgan fingerprint density at radius 3 is 2.55 bits per heavy atom. The van der Waals surface area contributed by atoms with E-state index in [1.165, 1.54) is 31.7 Å². The molecule has 0 amide bonds. The second-order valence-electron chi connectivity index (χ2n) is 5.88. The van der Waals surface area contributed by atoms with Crippen molar-refractivity contribution < 1.29 is 13.9 Å². The summed E-state index contributed by atoms with van der Waals surface area (Å²) < 4.78 is 26.0. The zero-order chi connectivity index (χ0) is 14.6. The third-order valence-electron chi connectivity index (χ3n) is 4.58. The first-order valence-corrected chi connectivity index (χ1v) is 7.40. The Kier molecular flexibility index (Phi) is 5.11. The molecule has 0 saturated heterocycles. The third kappa shape index (κ3) is 3.55. The number of halogens is 2. The van der Waals surface area contributed by atoms with Gasteiger partial charge in [-0.3, -0.25) is 0 Å². The van der Waals surface area contributed by atoms with Gasteiger partial charge in [0.2, 0.25) is 0 Å². The number of aliphatic hydroxyl groups excluding tert-OH is 1. The van der Waals surface area contributed by atoms with Crippen LogP contribution in [0.5, 0.6) is 0 Å². The van der Waals surface area contributed by atoms with Crippen molar-refractivity contribution in [3.05, 3.63) is 35.4 Å². The number of aliphatic hydroxyl groups is 1. The first-order valence-electron chi connectivity index (χ1n) is 7.40. The first-order chi connectivity index (χ1) is 9.56. The monoisotopic (exact) mass is 283 g/mol. The highest BCUT2D eigenvalue weighted by Crippen LogP contribution is 2.40. The molecule has 1 aliphatic carbocycles. The zero-order valence-corrected chi connectivity index (χ0v) is 12.0. The minimum absolute atomic E-state index is 0.355. The van der Waals surface area contributed by atoms with E-state index in [9.17, 15) is 13.9 Å². The van der Waals surface area contributed by atoms with Crippen LogP contribution in [0.1, 0.15) is 50.7 Å². The Balaban J connectivity index is 1.85. The van der Waals surface area contributed by atoms with Gasteiger partial charge in [0, 0.05) is 13.1 Å². The van der Waals surface area contributed by atoms with Crippen LogP contribution in [0.15, 0.2) is 18.2 Å². The lowest BCUT2D eigenvalue weighted by molar-refractivity contribution is 0.163. The summed E-state index contributed by atoms with van der Waals surface area (Å²) in [6.45, 7) is 3.45. The van der Waals surface area contributed by atoms with Crippen LogP contribution < -0.4 is 5.32 Å².